The normalized spacial score (nSPS) is 16.9. The standard InChI is InChI=1S/C14H12ClNO2S2/c1-3-6-18-11-5-4-10(15)7-9(11)8-12-13(17)16(2)14(19)20-12/h3-5,7-8H,1,6H2,2H3. The number of thioether (sulfide) groups is 1. The van der Waals surface area contributed by atoms with E-state index in [-0.39, 0.29) is 5.91 Å². The molecule has 1 aliphatic rings. The molecule has 1 heterocycles. The van der Waals surface area contributed by atoms with Crippen molar-refractivity contribution in [2.24, 2.45) is 0 Å². The fraction of sp³-hybridized carbons (Fsp3) is 0.143. The first-order valence-corrected chi connectivity index (χ1v) is 7.38. The molecule has 3 nitrogen and oxygen atoms in total. The Hall–Kier alpha value is -1.30. The smallest absolute Gasteiger partial charge is 0.265 e. The number of rotatable bonds is 4. The highest BCUT2D eigenvalue weighted by atomic mass is 35.5. The molecule has 0 spiro atoms. The highest BCUT2D eigenvalue weighted by Crippen LogP contribution is 2.34. The summed E-state index contributed by atoms with van der Waals surface area (Å²) in [6.45, 7) is 4.00. The van der Waals surface area contributed by atoms with Gasteiger partial charge in [-0.1, -0.05) is 48.2 Å². The van der Waals surface area contributed by atoms with E-state index in [1.807, 2.05) is 0 Å². The van der Waals surface area contributed by atoms with Crippen molar-refractivity contribution in [3.8, 4) is 5.75 Å². The fourth-order valence-corrected chi connectivity index (χ4v) is 2.95. The lowest BCUT2D eigenvalue weighted by Crippen LogP contribution is -2.22. The molecule has 2 rings (SSSR count). The number of nitrogens with zero attached hydrogens (tertiary/aromatic N) is 1. The maximum absolute atomic E-state index is 12.0. The molecule has 0 unspecified atom stereocenters. The van der Waals surface area contributed by atoms with Gasteiger partial charge < -0.3 is 4.74 Å². The number of thiocarbonyl (C=S) groups is 1. The number of hydrogen-bond donors (Lipinski definition) is 0. The van der Waals surface area contributed by atoms with Crippen LogP contribution in [0.2, 0.25) is 5.02 Å². The summed E-state index contributed by atoms with van der Waals surface area (Å²) in [7, 11) is 1.66. The van der Waals surface area contributed by atoms with Crippen molar-refractivity contribution in [2.75, 3.05) is 13.7 Å². The van der Waals surface area contributed by atoms with Crippen molar-refractivity contribution in [2.45, 2.75) is 0 Å². The summed E-state index contributed by atoms with van der Waals surface area (Å²) < 4.78 is 6.09. The zero-order chi connectivity index (χ0) is 14.7. The second-order valence-corrected chi connectivity index (χ2v) is 6.13. The van der Waals surface area contributed by atoms with Crippen LogP contribution >= 0.6 is 35.6 Å². The van der Waals surface area contributed by atoms with Gasteiger partial charge in [-0.15, -0.1) is 0 Å². The van der Waals surface area contributed by atoms with Crippen molar-refractivity contribution in [3.63, 3.8) is 0 Å². The highest BCUT2D eigenvalue weighted by molar-refractivity contribution is 8.26. The van der Waals surface area contributed by atoms with E-state index in [1.165, 1.54) is 16.7 Å². The summed E-state index contributed by atoms with van der Waals surface area (Å²) in [6, 6.07) is 5.26. The Bertz CT molecular complexity index is 613. The lowest BCUT2D eigenvalue weighted by atomic mass is 10.2. The van der Waals surface area contributed by atoms with Crippen molar-refractivity contribution in [3.05, 3.63) is 46.3 Å². The predicted molar refractivity (Wildman–Crippen MR) is 88.1 cm³/mol. The zero-order valence-corrected chi connectivity index (χ0v) is 13.1. The van der Waals surface area contributed by atoms with Crippen LogP contribution in [0.15, 0.2) is 35.8 Å². The molecule has 0 radical (unpaired) electrons. The van der Waals surface area contributed by atoms with Gasteiger partial charge in [0.05, 0.1) is 4.91 Å². The molecule has 1 aliphatic heterocycles. The van der Waals surface area contributed by atoms with Crippen molar-refractivity contribution < 1.29 is 9.53 Å². The average molecular weight is 326 g/mol. The predicted octanol–water partition coefficient (Wildman–Crippen LogP) is 3.74. The van der Waals surface area contributed by atoms with E-state index >= 15 is 0 Å². The molecular formula is C14H12ClNO2S2. The second kappa shape index (κ2) is 6.43. The van der Waals surface area contributed by atoms with E-state index in [0.717, 1.165) is 5.56 Å². The van der Waals surface area contributed by atoms with Gasteiger partial charge in [0, 0.05) is 17.6 Å². The molecule has 0 bridgehead atoms. The van der Waals surface area contributed by atoms with Gasteiger partial charge in [0.1, 0.15) is 16.7 Å². The minimum Gasteiger partial charge on any atom is -0.489 e. The summed E-state index contributed by atoms with van der Waals surface area (Å²) in [5, 5.41) is 0.578. The van der Waals surface area contributed by atoms with Gasteiger partial charge in [-0.3, -0.25) is 9.69 Å². The highest BCUT2D eigenvalue weighted by Gasteiger charge is 2.28. The van der Waals surface area contributed by atoms with Gasteiger partial charge in [-0.25, -0.2) is 0 Å². The van der Waals surface area contributed by atoms with Gasteiger partial charge in [0.25, 0.3) is 5.91 Å². The van der Waals surface area contributed by atoms with Crippen LogP contribution in [-0.2, 0) is 4.79 Å². The zero-order valence-electron chi connectivity index (χ0n) is 10.8. The average Bonchev–Trinajstić information content (AvgIpc) is 2.66. The summed E-state index contributed by atoms with van der Waals surface area (Å²) in [6.07, 6.45) is 3.40. The molecule has 0 aliphatic carbocycles. The molecule has 1 aromatic rings. The summed E-state index contributed by atoms with van der Waals surface area (Å²) >= 11 is 12.4. The van der Waals surface area contributed by atoms with E-state index in [9.17, 15) is 4.79 Å². The third-order valence-corrected chi connectivity index (χ3v) is 4.32. The Labute approximate surface area is 132 Å². The lowest BCUT2D eigenvalue weighted by molar-refractivity contribution is -0.121. The van der Waals surface area contributed by atoms with Gasteiger partial charge in [-0.2, -0.15) is 0 Å². The van der Waals surface area contributed by atoms with Crippen LogP contribution in [-0.4, -0.2) is 28.8 Å². The maximum Gasteiger partial charge on any atom is 0.265 e. The van der Waals surface area contributed by atoms with Crippen LogP contribution in [0, 0.1) is 0 Å². The molecule has 1 fully saturated rings. The molecular weight excluding hydrogens is 314 g/mol. The molecule has 1 amide bonds. The quantitative estimate of drug-likeness (QED) is 0.479. The largest absolute Gasteiger partial charge is 0.489 e. The molecule has 0 saturated carbocycles. The Balaban J connectivity index is 2.37. The Morgan fingerprint density at radius 1 is 1.55 bits per heavy atom. The summed E-state index contributed by atoms with van der Waals surface area (Å²) in [4.78, 5) is 14.0. The SMILES string of the molecule is C=CCOc1ccc(Cl)cc1C=C1SC(=S)N(C)C1=O. The van der Waals surface area contributed by atoms with Crippen LogP contribution in [0.4, 0.5) is 0 Å². The van der Waals surface area contributed by atoms with E-state index in [1.54, 1.807) is 37.4 Å². The fourth-order valence-electron chi connectivity index (χ4n) is 1.60. The maximum atomic E-state index is 12.0. The third-order valence-electron chi connectivity index (χ3n) is 2.60. The molecule has 1 aromatic carbocycles. The van der Waals surface area contributed by atoms with Gasteiger partial charge in [0.15, 0.2) is 0 Å². The number of carbonyl (C=O) groups is 1. The van der Waals surface area contributed by atoms with Crippen LogP contribution in [0.3, 0.4) is 0 Å². The van der Waals surface area contributed by atoms with Crippen LogP contribution in [0.25, 0.3) is 6.08 Å². The first kappa shape index (κ1) is 15.1. The monoisotopic (exact) mass is 325 g/mol. The second-order valence-electron chi connectivity index (χ2n) is 4.02. The molecule has 6 heteroatoms. The molecule has 104 valence electrons. The molecule has 20 heavy (non-hydrogen) atoms. The molecule has 0 aromatic heterocycles. The minimum absolute atomic E-state index is 0.116. The van der Waals surface area contributed by atoms with E-state index in [4.69, 9.17) is 28.6 Å². The number of amides is 1. The number of likely N-dealkylation sites (N-methyl/N-ethyl adjacent to an activating group) is 1. The Morgan fingerprint density at radius 2 is 2.30 bits per heavy atom. The van der Waals surface area contributed by atoms with Crippen molar-refractivity contribution in [1.82, 2.24) is 4.90 Å². The van der Waals surface area contributed by atoms with Crippen molar-refractivity contribution >= 4 is 51.9 Å². The van der Waals surface area contributed by atoms with E-state index < -0.39 is 0 Å². The Morgan fingerprint density at radius 3 is 2.90 bits per heavy atom. The Kier molecular flexibility index (Phi) is 4.86. The van der Waals surface area contributed by atoms with Gasteiger partial charge in [-0.05, 0) is 24.3 Å². The lowest BCUT2D eigenvalue weighted by Gasteiger charge is -2.08. The number of halogens is 1. The third kappa shape index (κ3) is 3.23. The van der Waals surface area contributed by atoms with Crippen LogP contribution < -0.4 is 4.74 Å². The number of hydrogen-bond acceptors (Lipinski definition) is 4. The van der Waals surface area contributed by atoms with Crippen LogP contribution in [0.5, 0.6) is 5.75 Å². The summed E-state index contributed by atoms with van der Waals surface area (Å²) in [5.41, 5.74) is 0.744. The number of benzene rings is 1. The number of carbonyl (C=O) groups excluding carboxylic acids is 1. The van der Waals surface area contributed by atoms with Crippen molar-refractivity contribution in [1.29, 1.82) is 0 Å². The van der Waals surface area contributed by atoms with Gasteiger partial charge in [0.2, 0.25) is 0 Å². The molecule has 1 saturated heterocycles. The molecule has 0 N–H and O–H groups in total. The van der Waals surface area contributed by atoms with Gasteiger partial charge >= 0.3 is 0 Å². The van der Waals surface area contributed by atoms with Crippen LogP contribution in [0.1, 0.15) is 5.56 Å². The minimum atomic E-state index is -0.116. The summed E-state index contributed by atoms with van der Waals surface area (Å²) in [5.74, 6) is 0.533. The van der Waals surface area contributed by atoms with E-state index in [0.29, 0.717) is 26.6 Å². The number of ether oxygens (including phenoxy) is 1. The molecule has 0 atom stereocenters. The first-order chi connectivity index (χ1) is 9.52. The topological polar surface area (TPSA) is 29.5 Å². The van der Waals surface area contributed by atoms with E-state index in [2.05, 4.69) is 6.58 Å². The first-order valence-electron chi connectivity index (χ1n) is 5.77.